The zero-order valence-corrected chi connectivity index (χ0v) is 17.8. The minimum absolute atomic E-state index is 0.0138. The zero-order chi connectivity index (χ0) is 22.0. The average Bonchev–Trinajstić information content (AvgIpc) is 2.87. The molecule has 0 heterocycles. The summed E-state index contributed by atoms with van der Waals surface area (Å²) in [6, 6.07) is 38.8. The maximum Gasteiger partial charge on any atom is 0.169 e. The van der Waals surface area contributed by atoms with Gasteiger partial charge in [-0.15, -0.1) is 0 Å². The molecule has 0 unspecified atom stereocenters. The number of hydrogen-bond acceptors (Lipinski definition) is 2. The lowest BCUT2D eigenvalue weighted by Crippen LogP contribution is -2.73. The molecule has 1 fully saturated rings. The maximum atomic E-state index is 14.4. The fourth-order valence-corrected chi connectivity index (χ4v) is 5.17. The molecule has 4 aromatic carbocycles. The Bertz CT molecular complexity index is 1120. The molecule has 0 N–H and O–H groups in total. The van der Waals surface area contributed by atoms with Gasteiger partial charge in [0.25, 0.3) is 0 Å². The van der Waals surface area contributed by atoms with E-state index in [0.717, 1.165) is 22.3 Å². The first-order chi connectivity index (χ1) is 15.7. The summed E-state index contributed by atoms with van der Waals surface area (Å²) in [6.07, 6.45) is 0.748. The number of carbonyl (C=O) groups is 2. The van der Waals surface area contributed by atoms with Gasteiger partial charge in [0.2, 0.25) is 0 Å². The number of carbonyl (C=O) groups excluding carboxylic acids is 2. The first-order valence-electron chi connectivity index (χ1n) is 11.0. The monoisotopic (exact) mass is 416 g/mol. The summed E-state index contributed by atoms with van der Waals surface area (Å²) in [7, 11) is 0. The predicted octanol–water partition coefficient (Wildman–Crippen LogP) is 5.50. The van der Waals surface area contributed by atoms with Crippen LogP contribution in [-0.2, 0) is 33.3 Å². The van der Waals surface area contributed by atoms with Crippen LogP contribution in [-0.4, -0.2) is 11.6 Å². The fraction of sp³-hybridized carbons (Fsp3) is 0.133. The molecule has 1 aliphatic rings. The summed E-state index contributed by atoms with van der Waals surface area (Å²) in [5.74, 6) is -0.0276. The molecule has 0 saturated heterocycles. The topological polar surface area (TPSA) is 34.1 Å². The quantitative estimate of drug-likeness (QED) is 0.389. The van der Waals surface area contributed by atoms with Crippen LogP contribution >= 0.6 is 0 Å². The molecule has 0 aliphatic heterocycles. The molecule has 0 bridgehead atoms. The van der Waals surface area contributed by atoms with Gasteiger partial charge in [-0.25, -0.2) is 0 Å². The third-order valence-corrected chi connectivity index (χ3v) is 6.71. The number of Topliss-reactive ketones (excluding diaryl/α,β-unsaturated/α-hetero) is 2. The highest BCUT2D eigenvalue weighted by Crippen LogP contribution is 2.53. The van der Waals surface area contributed by atoms with E-state index in [2.05, 4.69) is 0 Å². The molecule has 0 radical (unpaired) electrons. The number of ketones is 2. The van der Waals surface area contributed by atoms with E-state index in [4.69, 9.17) is 0 Å². The van der Waals surface area contributed by atoms with Gasteiger partial charge in [0.15, 0.2) is 11.6 Å². The Morgan fingerprint density at radius 2 is 0.688 bits per heavy atom. The summed E-state index contributed by atoms with van der Waals surface area (Å²) >= 11 is 0. The second-order valence-electron chi connectivity index (χ2n) is 8.53. The lowest BCUT2D eigenvalue weighted by molar-refractivity contribution is -0.157. The largest absolute Gasteiger partial charge is 0.297 e. The van der Waals surface area contributed by atoms with Crippen molar-refractivity contribution in [3.05, 3.63) is 144 Å². The Balaban J connectivity index is 1.67. The lowest BCUT2D eigenvalue weighted by atomic mass is 9.43. The van der Waals surface area contributed by atoms with E-state index < -0.39 is 10.8 Å². The Hall–Kier alpha value is -3.78. The SMILES string of the molecule is O=C1C(Cc2ccccc2)(c2ccccc2)C(=O)C1(Cc1ccccc1)c1ccccc1. The molecule has 2 heteroatoms. The molecule has 2 nitrogen and oxygen atoms in total. The van der Waals surface area contributed by atoms with Crippen LogP contribution in [0.1, 0.15) is 22.3 Å². The van der Waals surface area contributed by atoms with E-state index in [9.17, 15) is 9.59 Å². The third-order valence-electron chi connectivity index (χ3n) is 6.71. The minimum Gasteiger partial charge on any atom is -0.297 e. The Labute approximate surface area is 188 Å². The van der Waals surface area contributed by atoms with Gasteiger partial charge in [-0.3, -0.25) is 9.59 Å². The maximum absolute atomic E-state index is 14.4. The van der Waals surface area contributed by atoms with Crippen molar-refractivity contribution < 1.29 is 9.59 Å². The van der Waals surface area contributed by atoms with Crippen molar-refractivity contribution in [3.63, 3.8) is 0 Å². The van der Waals surface area contributed by atoms with Crippen LogP contribution in [0.4, 0.5) is 0 Å². The first kappa shape index (κ1) is 20.1. The van der Waals surface area contributed by atoms with Gasteiger partial charge in [0, 0.05) is 0 Å². The van der Waals surface area contributed by atoms with E-state index >= 15 is 0 Å². The van der Waals surface area contributed by atoms with E-state index in [1.807, 2.05) is 121 Å². The van der Waals surface area contributed by atoms with Crippen molar-refractivity contribution in [2.75, 3.05) is 0 Å². The van der Waals surface area contributed by atoms with Crippen LogP contribution in [0.3, 0.4) is 0 Å². The molecule has 1 saturated carbocycles. The van der Waals surface area contributed by atoms with E-state index in [1.54, 1.807) is 0 Å². The van der Waals surface area contributed by atoms with Gasteiger partial charge in [-0.1, -0.05) is 121 Å². The van der Waals surface area contributed by atoms with Gasteiger partial charge < -0.3 is 0 Å². The van der Waals surface area contributed by atoms with Crippen LogP contribution in [0.2, 0.25) is 0 Å². The van der Waals surface area contributed by atoms with Gasteiger partial charge in [-0.2, -0.15) is 0 Å². The van der Waals surface area contributed by atoms with Crippen molar-refractivity contribution >= 4 is 11.6 Å². The second kappa shape index (κ2) is 8.05. The highest BCUT2D eigenvalue weighted by Gasteiger charge is 2.71. The second-order valence-corrected chi connectivity index (χ2v) is 8.53. The summed E-state index contributed by atoms with van der Waals surface area (Å²) in [5.41, 5.74) is 1.18. The smallest absolute Gasteiger partial charge is 0.169 e. The Kier molecular flexibility index (Phi) is 5.07. The summed E-state index contributed by atoms with van der Waals surface area (Å²) in [4.78, 5) is 28.8. The Morgan fingerprint density at radius 1 is 0.406 bits per heavy atom. The Morgan fingerprint density at radius 3 is 1.00 bits per heavy atom. The van der Waals surface area contributed by atoms with E-state index in [-0.39, 0.29) is 11.6 Å². The molecule has 0 amide bonds. The van der Waals surface area contributed by atoms with Crippen LogP contribution in [0.5, 0.6) is 0 Å². The molecule has 4 aromatic rings. The number of hydrogen-bond donors (Lipinski definition) is 0. The standard InChI is InChI=1S/C30H24O2/c31-27-29(25-17-9-3-10-18-25,21-23-13-5-1-6-14-23)28(32)30(27,26-19-11-4-12-20-26)22-24-15-7-2-8-16-24/h1-20H,21-22H2. The highest BCUT2D eigenvalue weighted by atomic mass is 16.2. The van der Waals surface area contributed by atoms with E-state index in [1.165, 1.54) is 0 Å². The van der Waals surface area contributed by atoms with Crippen LogP contribution in [0.25, 0.3) is 0 Å². The molecule has 5 rings (SSSR count). The van der Waals surface area contributed by atoms with Crippen LogP contribution in [0, 0.1) is 0 Å². The molecule has 32 heavy (non-hydrogen) atoms. The fourth-order valence-electron chi connectivity index (χ4n) is 5.17. The van der Waals surface area contributed by atoms with Crippen molar-refractivity contribution in [2.24, 2.45) is 0 Å². The van der Waals surface area contributed by atoms with Crippen molar-refractivity contribution in [2.45, 2.75) is 23.7 Å². The van der Waals surface area contributed by atoms with Gasteiger partial charge in [-0.05, 0) is 35.1 Å². The number of rotatable bonds is 6. The molecule has 0 aromatic heterocycles. The molecular weight excluding hydrogens is 392 g/mol. The summed E-state index contributed by atoms with van der Waals surface area (Å²) < 4.78 is 0. The lowest BCUT2D eigenvalue weighted by Gasteiger charge is -2.53. The van der Waals surface area contributed by atoms with Crippen LogP contribution < -0.4 is 0 Å². The van der Waals surface area contributed by atoms with Gasteiger partial charge in [0.05, 0.1) is 0 Å². The average molecular weight is 417 g/mol. The van der Waals surface area contributed by atoms with Crippen LogP contribution in [0.15, 0.2) is 121 Å². The summed E-state index contributed by atoms with van der Waals surface area (Å²) in [6.45, 7) is 0. The zero-order valence-electron chi connectivity index (χ0n) is 17.8. The van der Waals surface area contributed by atoms with Crippen molar-refractivity contribution in [1.82, 2.24) is 0 Å². The number of benzene rings is 4. The van der Waals surface area contributed by atoms with Crippen molar-refractivity contribution in [1.29, 1.82) is 0 Å². The van der Waals surface area contributed by atoms with E-state index in [0.29, 0.717) is 12.8 Å². The normalized spacial score (nSPS) is 22.4. The molecular formula is C30H24O2. The first-order valence-corrected chi connectivity index (χ1v) is 11.0. The highest BCUT2D eigenvalue weighted by molar-refractivity contribution is 6.38. The molecule has 156 valence electrons. The minimum atomic E-state index is -1.17. The third kappa shape index (κ3) is 3.03. The van der Waals surface area contributed by atoms with Gasteiger partial charge in [0.1, 0.15) is 10.8 Å². The molecule has 1 aliphatic carbocycles. The molecule has 0 spiro atoms. The van der Waals surface area contributed by atoms with Gasteiger partial charge >= 0.3 is 0 Å². The van der Waals surface area contributed by atoms with Crippen molar-refractivity contribution in [3.8, 4) is 0 Å². The molecule has 0 atom stereocenters. The summed E-state index contributed by atoms with van der Waals surface area (Å²) in [5, 5.41) is 0. The predicted molar refractivity (Wildman–Crippen MR) is 127 cm³/mol.